The molecule has 17 heavy (non-hydrogen) atoms. The molecule has 0 radical (unpaired) electrons. The van der Waals surface area contributed by atoms with Crippen LogP contribution in [0.5, 0.6) is 0 Å². The SMILES string of the molecule is CC(CNC(=O)C(Cl)(Cl)Cl)NC(=O)C(Cl)(Cl)Cl. The summed E-state index contributed by atoms with van der Waals surface area (Å²) in [7, 11) is 0. The van der Waals surface area contributed by atoms with E-state index in [9.17, 15) is 9.59 Å². The van der Waals surface area contributed by atoms with Crippen molar-refractivity contribution in [2.45, 2.75) is 20.6 Å². The van der Waals surface area contributed by atoms with Crippen LogP contribution in [0, 0.1) is 0 Å². The summed E-state index contributed by atoms with van der Waals surface area (Å²) in [5, 5.41) is 4.65. The lowest BCUT2D eigenvalue weighted by Crippen LogP contribution is -2.47. The Bertz CT molecular complexity index is 298. The lowest BCUT2D eigenvalue weighted by Gasteiger charge is -2.19. The van der Waals surface area contributed by atoms with Crippen LogP contribution < -0.4 is 10.6 Å². The van der Waals surface area contributed by atoms with Gasteiger partial charge in [0.25, 0.3) is 19.4 Å². The summed E-state index contributed by atoms with van der Waals surface area (Å²) in [4.78, 5) is 22.4. The predicted molar refractivity (Wildman–Crippen MR) is 71.2 cm³/mol. The van der Waals surface area contributed by atoms with Gasteiger partial charge in [0.15, 0.2) is 0 Å². The molecule has 10 heteroatoms. The Morgan fingerprint density at radius 3 is 1.76 bits per heavy atom. The summed E-state index contributed by atoms with van der Waals surface area (Å²) in [5.41, 5.74) is 0. The third-order valence-corrected chi connectivity index (χ3v) is 2.49. The molecular formula is C7H8Cl6N2O2. The van der Waals surface area contributed by atoms with Gasteiger partial charge in [-0.2, -0.15) is 0 Å². The van der Waals surface area contributed by atoms with E-state index >= 15 is 0 Å². The van der Waals surface area contributed by atoms with E-state index in [2.05, 4.69) is 10.6 Å². The highest BCUT2D eigenvalue weighted by atomic mass is 35.6. The smallest absolute Gasteiger partial charge is 0.272 e. The number of rotatable bonds is 3. The fourth-order valence-corrected chi connectivity index (χ4v) is 1.07. The van der Waals surface area contributed by atoms with Gasteiger partial charge in [-0.05, 0) is 6.92 Å². The van der Waals surface area contributed by atoms with Crippen LogP contribution in [0.3, 0.4) is 0 Å². The molecule has 2 amide bonds. The van der Waals surface area contributed by atoms with Crippen molar-refractivity contribution in [2.75, 3.05) is 6.54 Å². The number of hydrogen-bond donors (Lipinski definition) is 2. The molecule has 1 atom stereocenters. The van der Waals surface area contributed by atoms with Crippen molar-refractivity contribution in [3.8, 4) is 0 Å². The van der Waals surface area contributed by atoms with E-state index < -0.39 is 25.4 Å². The number of halogens is 6. The molecule has 0 spiro atoms. The van der Waals surface area contributed by atoms with Gasteiger partial charge in [0.05, 0.1) is 0 Å². The van der Waals surface area contributed by atoms with E-state index in [-0.39, 0.29) is 6.54 Å². The molecule has 0 aliphatic carbocycles. The molecule has 0 aromatic carbocycles. The second kappa shape index (κ2) is 6.73. The minimum absolute atomic E-state index is 0.0270. The third kappa shape index (κ3) is 7.65. The molecule has 0 rings (SSSR count). The summed E-state index contributed by atoms with van der Waals surface area (Å²) < 4.78 is -4.12. The van der Waals surface area contributed by atoms with Crippen molar-refractivity contribution < 1.29 is 9.59 Å². The fourth-order valence-electron chi connectivity index (χ4n) is 0.703. The van der Waals surface area contributed by atoms with Gasteiger partial charge in [0, 0.05) is 12.6 Å². The zero-order valence-corrected chi connectivity index (χ0v) is 12.9. The van der Waals surface area contributed by atoms with Gasteiger partial charge in [0.1, 0.15) is 0 Å². The molecule has 4 nitrogen and oxygen atoms in total. The molecule has 1 unspecified atom stereocenters. The third-order valence-electron chi connectivity index (χ3n) is 1.46. The first-order chi connectivity index (χ1) is 7.44. The maximum absolute atomic E-state index is 11.2. The topological polar surface area (TPSA) is 58.2 Å². The number of nitrogens with one attached hydrogen (secondary N) is 2. The van der Waals surface area contributed by atoms with Gasteiger partial charge in [-0.1, -0.05) is 69.6 Å². The van der Waals surface area contributed by atoms with E-state index in [1.165, 1.54) is 0 Å². The normalized spacial score (nSPS) is 14.1. The molecular weight excluding hydrogens is 357 g/mol. The minimum atomic E-state index is -2.06. The van der Waals surface area contributed by atoms with Gasteiger partial charge in [-0.15, -0.1) is 0 Å². The molecule has 0 heterocycles. The van der Waals surface area contributed by atoms with Crippen LogP contribution in [0.15, 0.2) is 0 Å². The highest BCUT2D eigenvalue weighted by molar-refractivity contribution is 6.76. The molecule has 2 N–H and O–H groups in total. The Balaban J connectivity index is 4.10. The van der Waals surface area contributed by atoms with Crippen molar-refractivity contribution >= 4 is 81.4 Å². The molecule has 0 saturated heterocycles. The van der Waals surface area contributed by atoms with Crippen molar-refractivity contribution in [1.82, 2.24) is 10.6 Å². The summed E-state index contributed by atoms with van der Waals surface area (Å²) in [6, 6.07) is -0.491. The second-order valence-electron chi connectivity index (χ2n) is 3.08. The highest BCUT2D eigenvalue weighted by Crippen LogP contribution is 2.26. The Morgan fingerprint density at radius 2 is 1.41 bits per heavy atom. The zero-order chi connectivity index (χ0) is 13.9. The molecule has 100 valence electrons. The summed E-state index contributed by atoms with van der Waals surface area (Å²) in [6.07, 6.45) is 0. The van der Waals surface area contributed by atoms with Crippen molar-refractivity contribution in [1.29, 1.82) is 0 Å². The monoisotopic (exact) mass is 362 g/mol. The number of amides is 2. The van der Waals surface area contributed by atoms with Gasteiger partial charge in [-0.3, -0.25) is 9.59 Å². The molecule has 0 aromatic rings. The number of carbonyl (C=O) groups is 2. The number of hydrogen-bond acceptors (Lipinski definition) is 2. The van der Waals surface area contributed by atoms with Crippen LogP contribution in [0.1, 0.15) is 6.92 Å². The average molecular weight is 365 g/mol. The largest absolute Gasteiger partial charge is 0.350 e. The zero-order valence-electron chi connectivity index (χ0n) is 8.37. The van der Waals surface area contributed by atoms with Crippen LogP contribution in [0.25, 0.3) is 0 Å². The van der Waals surface area contributed by atoms with Gasteiger partial charge >= 0.3 is 0 Å². The standard InChI is InChI=1S/C7H8Cl6N2O2/c1-3(15-5(17)7(11,12)13)2-14-4(16)6(8,9)10/h3H,2H2,1H3,(H,14,16)(H,15,17). The lowest BCUT2D eigenvalue weighted by atomic mass is 10.3. The minimum Gasteiger partial charge on any atom is -0.350 e. The van der Waals surface area contributed by atoms with Gasteiger partial charge in [-0.25, -0.2) is 0 Å². The number of carbonyl (C=O) groups excluding carboxylic acids is 2. The summed E-state index contributed by atoms with van der Waals surface area (Å²) >= 11 is 31.9. The van der Waals surface area contributed by atoms with Crippen molar-refractivity contribution in [2.24, 2.45) is 0 Å². The molecule has 0 bridgehead atoms. The van der Waals surface area contributed by atoms with E-state index in [1.54, 1.807) is 6.92 Å². The molecule has 0 aromatic heterocycles. The molecule has 0 aliphatic heterocycles. The van der Waals surface area contributed by atoms with Crippen LogP contribution in [0.4, 0.5) is 0 Å². The average Bonchev–Trinajstić information content (AvgIpc) is 2.10. The first-order valence-electron chi connectivity index (χ1n) is 4.17. The van der Waals surface area contributed by atoms with E-state index in [0.717, 1.165) is 0 Å². The van der Waals surface area contributed by atoms with Crippen molar-refractivity contribution in [3.63, 3.8) is 0 Å². The van der Waals surface area contributed by atoms with Gasteiger partial charge < -0.3 is 10.6 Å². The Morgan fingerprint density at radius 1 is 1.00 bits per heavy atom. The predicted octanol–water partition coefficient (Wildman–Crippen LogP) is 2.35. The Labute approximate surface area is 128 Å². The highest BCUT2D eigenvalue weighted by Gasteiger charge is 2.33. The van der Waals surface area contributed by atoms with Crippen LogP contribution in [-0.2, 0) is 9.59 Å². The lowest BCUT2D eigenvalue weighted by molar-refractivity contribution is -0.122. The molecule has 0 saturated carbocycles. The van der Waals surface area contributed by atoms with Crippen molar-refractivity contribution in [3.05, 3.63) is 0 Å². The van der Waals surface area contributed by atoms with E-state index in [4.69, 9.17) is 69.6 Å². The maximum atomic E-state index is 11.2. The number of alkyl halides is 6. The first-order valence-corrected chi connectivity index (χ1v) is 6.44. The van der Waals surface area contributed by atoms with Gasteiger partial charge in [0.2, 0.25) is 0 Å². The van der Waals surface area contributed by atoms with E-state index in [1.807, 2.05) is 0 Å². The second-order valence-corrected chi connectivity index (χ2v) is 7.64. The Hall–Kier alpha value is 0.680. The summed E-state index contributed by atoms with van der Waals surface area (Å²) in [6.45, 7) is 1.60. The van der Waals surface area contributed by atoms with E-state index in [0.29, 0.717) is 0 Å². The van der Waals surface area contributed by atoms with Crippen LogP contribution in [-0.4, -0.2) is 32.0 Å². The fraction of sp³-hybridized carbons (Fsp3) is 0.714. The Kier molecular flexibility index (Phi) is 7.00. The van der Waals surface area contributed by atoms with Crippen LogP contribution >= 0.6 is 69.6 Å². The summed E-state index contributed by atoms with van der Waals surface area (Å²) in [5.74, 6) is -1.62. The first kappa shape index (κ1) is 17.7. The quantitative estimate of drug-likeness (QED) is 0.755. The molecule has 0 aliphatic rings. The van der Waals surface area contributed by atoms with Crippen LogP contribution in [0.2, 0.25) is 0 Å². The molecule has 0 fully saturated rings. The maximum Gasteiger partial charge on any atom is 0.272 e.